The summed E-state index contributed by atoms with van der Waals surface area (Å²) in [6.45, 7) is 15.7. The molecule has 2 saturated heterocycles. The van der Waals surface area contributed by atoms with Gasteiger partial charge in [0, 0.05) is 58.0 Å². The second-order valence-electron chi connectivity index (χ2n) is 7.81. The van der Waals surface area contributed by atoms with Crippen molar-refractivity contribution in [1.29, 1.82) is 0 Å². The molecule has 0 bridgehead atoms. The molecular formula is C21H35N3O. The number of ether oxygens (including phenoxy) is 1. The molecule has 0 amide bonds. The van der Waals surface area contributed by atoms with Crippen molar-refractivity contribution in [3.8, 4) is 0 Å². The molecule has 1 aromatic rings. The number of benzene rings is 1. The summed E-state index contributed by atoms with van der Waals surface area (Å²) in [6, 6.07) is 12.1. The summed E-state index contributed by atoms with van der Waals surface area (Å²) in [6.07, 6.45) is 1.47. The predicted molar refractivity (Wildman–Crippen MR) is 104 cm³/mol. The molecule has 2 heterocycles. The van der Waals surface area contributed by atoms with Crippen LogP contribution in [-0.2, 0) is 11.3 Å². The van der Waals surface area contributed by atoms with Gasteiger partial charge in [-0.1, -0.05) is 37.3 Å². The molecule has 2 fully saturated rings. The molecule has 2 aliphatic heterocycles. The molecule has 3 unspecified atom stereocenters. The third kappa shape index (κ3) is 5.27. The van der Waals surface area contributed by atoms with Crippen molar-refractivity contribution in [2.75, 3.05) is 45.9 Å². The van der Waals surface area contributed by atoms with Crippen LogP contribution in [0, 0.1) is 0 Å². The van der Waals surface area contributed by atoms with Crippen molar-refractivity contribution in [3.05, 3.63) is 35.9 Å². The van der Waals surface area contributed by atoms with E-state index in [9.17, 15) is 0 Å². The summed E-state index contributed by atoms with van der Waals surface area (Å²) < 4.78 is 6.21. The predicted octanol–water partition coefficient (Wildman–Crippen LogP) is 2.69. The van der Waals surface area contributed by atoms with E-state index in [2.05, 4.69) is 65.8 Å². The molecule has 3 atom stereocenters. The Morgan fingerprint density at radius 2 is 1.72 bits per heavy atom. The first kappa shape index (κ1) is 18.8. The van der Waals surface area contributed by atoms with Crippen LogP contribution in [-0.4, -0.2) is 78.8 Å². The van der Waals surface area contributed by atoms with Crippen molar-refractivity contribution in [3.63, 3.8) is 0 Å². The Hall–Kier alpha value is -0.940. The van der Waals surface area contributed by atoms with Crippen molar-refractivity contribution < 1.29 is 4.74 Å². The Bertz CT molecular complexity index is 509. The van der Waals surface area contributed by atoms with Gasteiger partial charge < -0.3 is 4.74 Å². The van der Waals surface area contributed by atoms with E-state index in [1.54, 1.807) is 0 Å². The fourth-order valence-corrected chi connectivity index (χ4v) is 4.29. The van der Waals surface area contributed by atoms with Crippen LogP contribution >= 0.6 is 0 Å². The SMILES string of the molecule is CCN1CC(C)N(CC2CN(Cc3ccccc3)CCCO2)CC1C. The van der Waals surface area contributed by atoms with E-state index in [0.29, 0.717) is 18.2 Å². The monoisotopic (exact) mass is 345 g/mol. The van der Waals surface area contributed by atoms with Gasteiger partial charge in [-0.25, -0.2) is 0 Å². The fraction of sp³-hybridized carbons (Fsp3) is 0.714. The molecule has 4 heteroatoms. The van der Waals surface area contributed by atoms with Gasteiger partial charge in [0.1, 0.15) is 0 Å². The zero-order valence-corrected chi connectivity index (χ0v) is 16.2. The summed E-state index contributed by atoms with van der Waals surface area (Å²) in [5.74, 6) is 0. The van der Waals surface area contributed by atoms with Gasteiger partial charge in [-0.2, -0.15) is 0 Å². The highest BCUT2D eigenvalue weighted by molar-refractivity contribution is 5.14. The van der Waals surface area contributed by atoms with E-state index >= 15 is 0 Å². The Morgan fingerprint density at radius 3 is 2.48 bits per heavy atom. The molecule has 4 nitrogen and oxygen atoms in total. The minimum Gasteiger partial charge on any atom is -0.376 e. The third-order valence-corrected chi connectivity index (χ3v) is 5.77. The van der Waals surface area contributed by atoms with Crippen LogP contribution in [0.1, 0.15) is 32.8 Å². The Morgan fingerprint density at radius 1 is 1.00 bits per heavy atom. The molecule has 0 N–H and O–H groups in total. The van der Waals surface area contributed by atoms with Gasteiger partial charge in [-0.05, 0) is 32.4 Å². The van der Waals surface area contributed by atoms with Gasteiger partial charge in [-0.3, -0.25) is 14.7 Å². The number of piperazine rings is 1. The van der Waals surface area contributed by atoms with Gasteiger partial charge >= 0.3 is 0 Å². The molecule has 0 spiro atoms. The highest BCUT2D eigenvalue weighted by atomic mass is 16.5. The molecule has 3 rings (SSSR count). The standard InChI is InChI=1S/C21H35N3O/c1-4-23-13-19(3)24(14-18(23)2)17-21-16-22(11-8-12-25-21)15-20-9-6-5-7-10-20/h5-7,9-10,18-19,21H,4,8,11-17H2,1-3H3. The smallest absolute Gasteiger partial charge is 0.0828 e. The van der Waals surface area contributed by atoms with Crippen molar-refractivity contribution >= 4 is 0 Å². The zero-order valence-electron chi connectivity index (χ0n) is 16.2. The summed E-state index contributed by atoms with van der Waals surface area (Å²) in [5.41, 5.74) is 1.40. The van der Waals surface area contributed by atoms with Crippen LogP contribution in [0.15, 0.2) is 30.3 Å². The normalized spacial score (nSPS) is 30.3. The first-order chi connectivity index (χ1) is 12.2. The van der Waals surface area contributed by atoms with Crippen molar-refractivity contribution in [2.24, 2.45) is 0 Å². The lowest BCUT2D eigenvalue weighted by Crippen LogP contribution is -2.58. The average molecular weight is 346 g/mol. The highest BCUT2D eigenvalue weighted by Gasteiger charge is 2.30. The van der Waals surface area contributed by atoms with Crippen LogP contribution in [0.2, 0.25) is 0 Å². The topological polar surface area (TPSA) is 19.0 Å². The van der Waals surface area contributed by atoms with Crippen LogP contribution in [0.3, 0.4) is 0 Å². The number of rotatable bonds is 5. The van der Waals surface area contributed by atoms with Gasteiger partial charge in [0.15, 0.2) is 0 Å². The van der Waals surface area contributed by atoms with E-state index < -0.39 is 0 Å². The maximum atomic E-state index is 6.21. The summed E-state index contributed by atoms with van der Waals surface area (Å²) in [7, 11) is 0. The molecule has 140 valence electrons. The van der Waals surface area contributed by atoms with E-state index in [0.717, 1.165) is 52.3 Å². The highest BCUT2D eigenvalue weighted by Crippen LogP contribution is 2.18. The lowest BCUT2D eigenvalue weighted by Gasteiger charge is -2.45. The molecule has 25 heavy (non-hydrogen) atoms. The second kappa shape index (κ2) is 9.13. The van der Waals surface area contributed by atoms with Gasteiger partial charge in [-0.15, -0.1) is 0 Å². The zero-order chi connectivity index (χ0) is 17.6. The Labute approximate surface area is 153 Å². The molecular weight excluding hydrogens is 310 g/mol. The second-order valence-corrected chi connectivity index (χ2v) is 7.81. The maximum Gasteiger partial charge on any atom is 0.0828 e. The first-order valence-electron chi connectivity index (χ1n) is 10.0. The van der Waals surface area contributed by atoms with Gasteiger partial charge in [0.05, 0.1) is 6.10 Å². The maximum absolute atomic E-state index is 6.21. The number of likely N-dealkylation sites (N-methyl/N-ethyl adjacent to an activating group) is 1. The number of nitrogens with zero attached hydrogens (tertiary/aromatic N) is 3. The summed E-state index contributed by atoms with van der Waals surface area (Å²) in [4.78, 5) is 7.81. The Balaban J connectivity index is 1.56. The fourth-order valence-electron chi connectivity index (χ4n) is 4.29. The third-order valence-electron chi connectivity index (χ3n) is 5.77. The first-order valence-corrected chi connectivity index (χ1v) is 10.0. The lowest BCUT2D eigenvalue weighted by molar-refractivity contribution is -0.0162. The summed E-state index contributed by atoms with van der Waals surface area (Å²) in [5, 5.41) is 0. The quantitative estimate of drug-likeness (QED) is 0.817. The van der Waals surface area contributed by atoms with Gasteiger partial charge in [0.2, 0.25) is 0 Å². The Kier molecular flexibility index (Phi) is 6.88. The van der Waals surface area contributed by atoms with Crippen molar-refractivity contribution in [2.45, 2.75) is 51.9 Å². The largest absolute Gasteiger partial charge is 0.376 e. The average Bonchev–Trinajstić information content (AvgIpc) is 2.83. The van der Waals surface area contributed by atoms with Crippen LogP contribution in [0.4, 0.5) is 0 Å². The molecule has 0 aromatic heterocycles. The van der Waals surface area contributed by atoms with Crippen LogP contribution < -0.4 is 0 Å². The van der Waals surface area contributed by atoms with E-state index in [1.807, 2.05) is 0 Å². The van der Waals surface area contributed by atoms with E-state index in [1.165, 1.54) is 12.1 Å². The molecule has 2 aliphatic rings. The number of hydrogen-bond acceptors (Lipinski definition) is 4. The van der Waals surface area contributed by atoms with Crippen molar-refractivity contribution in [1.82, 2.24) is 14.7 Å². The molecule has 0 radical (unpaired) electrons. The summed E-state index contributed by atoms with van der Waals surface area (Å²) >= 11 is 0. The van der Waals surface area contributed by atoms with Crippen LogP contribution in [0.25, 0.3) is 0 Å². The lowest BCUT2D eigenvalue weighted by atomic mass is 10.1. The molecule has 0 saturated carbocycles. The van der Waals surface area contributed by atoms with E-state index in [-0.39, 0.29) is 0 Å². The molecule has 1 aromatic carbocycles. The minimum atomic E-state index is 0.328. The number of hydrogen-bond donors (Lipinski definition) is 0. The minimum absolute atomic E-state index is 0.328. The molecule has 0 aliphatic carbocycles. The van der Waals surface area contributed by atoms with E-state index in [4.69, 9.17) is 4.74 Å². The van der Waals surface area contributed by atoms with Crippen LogP contribution in [0.5, 0.6) is 0 Å². The van der Waals surface area contributed by atoms with Gasteiger partial charge in [0.25, 0.3) is 0 Å².